The molecule has 4 rings (SSSR count). The lowest BCUT2D eigenvalue weighted by atomic mass is 10.1. The van der Waals surface area contributed by atoms with Gasteiger partial charge in [0.05, 0.1) is 11.4 Å². The van der Waals surface area contributed by atoms with E-state index in [4.69, 9.17) is 0 Å². The highest BCUT2D eigenvalue weighted by Crippen LogP contribution is 2.39. The van der Waals surface area contributed by atoms with Gasteiger partial charge in [-0.3, -0.25) is 9.59 Å². The molecule has 29 heavy (non-hydrogen) atoms. The van der Waals surface area contributed by atoms with Gasteiger partial charge in [-0.1, -0.05) is 24.3 Å². The Hall–Kier alpha value is -3.46. The number of sulfone groups is 1. The maximum Gasteiger partial charge on any atom is 0.253 e. The van der Waals surface area contributed by atoms with E-state index in [-0.39, 0.29) is 33.3 Å². The van der Waals surface area contributed by atoms with Gasteiger partial charge in [-0.15, -0.1) is 0 Å². The summed E-state index contributed by atoms with van der Waals surface area (Å²) in [6.45, 7) is 1.52. The van der Waals surface area contributed by atoms with Crippen molar-refractivity contribution in [2.24, 2.45) is 0 Å². The fourth-order valence-electron chi connectivity index (χ4n) is 3.17. The van der Waals surface area contributed by atoms with Crippen LogP contribution in [0.15, 0.2) is 50.9 Å². The fourth-order valence-corrected chi connectivity index (χ4v) is 4.59. The number of phenols is 1. The number of fused-ring (bicyclic) bond motifs is 1. The lowest BCUT2D eigenvalue weighted by molar-refractivity contribution is 0.461. The van der Waals surface area contributed by atoms with Crippen LogP contribution in [0.25, 0.3) is 6.08 Å². The van der Waals surface area contributed by atoms with E-state index in [1.165, 1.54) is 37.3 Å². The zero-order chi connectivity index (χ0) is 20.9. The van der Waals surface area contributed by atoms with Crippen LogP contribution in [0.3, 0.4) is 0 Å². The second-order valence-electron chi connectivity index (χ2n) is 6.63. The molecule has 0 saturated carbocycles. The molecule has 3 aromatic rings. The summed E-state index contributed by atoms with van der Waals surface area (Å²) in [5.74, 6) is -1.26. The Morgan fingerprint density at radius 1 is 1.00 bits per heavy atom. The van der Waals surface area contributed by atoms with Crippen molar-refractivity contribution in [3.8, 4) is 5.75 Å². The number of halogens is 1. The van der Waals surface area contributed by atoms with Gasteiger partial charge >= 0.3 is 0 Å². The third-order valence-electron chi connectivity index (χ3n) is 4.78. The molecule has 3 N–H and O–H groups in total. The van der Waals surface area contributed by atoms with Crippen LogP contribution < -0.4 is 21.5 Å². The number of aromatic hydroxyl groups is 1. The smallest absolute Gasteiger partial charge is 0.253 e. The molecule has 0 unspecified atom stereocenters. The minimum atomic E-state index is -3.72. The molecular weight excluding hydrogens is 399 g/mol. The topological polar surface area (TPSA) is 113 Å². The van der Waals surface area contributed by atoms with Gasteiger partial charge in [0, 0.05) is 11.3 Å². The van der Waals surface area contributed by atoms with E-state index in [1.54, 1.807) is 12.1 Å². The summed E-state index contributed by atoms with van der Waals surface area (Å²) >= 11 is 0. The van der Waals surface area contributed by atoms with Crippen LogP contribution in [0, 0.1) is 12.7 Å². The summed E-state index contributed by atoms with van der Waals surface area (Å²) in [7, 11) is -3.72. The molecule has 0 atom stereocenters. The second kappa shape index (κ2) is 6.56. The van der Waals surface area contributed by atoms with Crippen LogP contribution >= 0.6 is 0 Å². The van der Waals surface area contributed by atoms with Crippen molar-refractivity contribution in [3.05, 3.63) is 73.8 Å². The first-order valence-corrected chi connectivity index (χ1v) is 10.2. The predicted octanol–water partition coefficient (Wildman–Crippen LogP) is 2.72. The summed E-state index contributed by atoms with van der Waals surface area (Å²) in [5.41, 5.74) is -0.998. The van der Waals surface area contributed by atoms with Crippen molar-refractivity contribution in [2.75, 3.05) is 16.4 Å². The summed E-state index contributed by atoms with van der Waals surface area (Å²) in [6.07, 6.45) is 3.06. The Morgan fingerprint density at radius 3 is 2.34 bits per heavy atom. The fraction of sp³-hybridized carbons (Fsp3) is 0.100. The molecule has 9 heteroatoms. The molecule has 148 valence electrons. The van der Waals surface area contributed by atoms with Crippen LogP contribution in [-0.4, -0.2) is 19.3 Å². The van der Waals surface area contributed by atoms with Crippen molar-refractivity contribution in [1.29, 1.82) is 0 Å². The molecule has 3 aromatic carbocycles. The number of nitrogens with one attached hydrogen (secondary N) is 2. The third-order valence-corrected chi connectivity index (χ3v) is 6.47. The van der Waals surface area contributed by atoms with Gasteiger partial charge in [-0.2, -0.15) is 0 Å². The Labute approximate surface area is 164 Å². The van der Waals surface area contributed by atoms with Gasteiger partial charge in [-0.05, 0) is 30.7 Å². The van der Waals surface area contributed by atoms with Gasteiger partial charge in [0.15, 0.2) is 15.6 Å². The SMILES string of the molecule is Cc1c(F)cccc1Nc1c(Nc2ccc3c(c2O)S(=O)(=O)CC=C3)c(=O)c1=O. The number of hydrogen-bond donors (Lipinski definition) is 3. The van der Waals surface area contributed by atoms with E-state index in [0.717, 1.165) is 0 Å². The van der Waals surface area contributed by atoms with E-state index < -0.39 is 32.3 Å². The molecule has 1 aliphatic heterocycles. The van der Waals surface area contributed by atoms with E-state index in [9.17, 15) is 27.5 Å². The molecule has 7 nitrogen and oxygen atoms in total. The van der Waals surface area contributed by atoms with Crippen LogP contribution in [0.2, 0.25) is 0 Å². The summed E-state index contributed by atoms with van der Waals surface area (Å²) in [5, 5.41) is 15.8. The van der Waals surface area contributed by atoms with Crippen LogP contribution in [0.4, 0.5) is 27.1 Å². The molecule has 1 heterocycles. The molecule has 0 radical (unpaired) electrons. The minimum Gasteiger partial charge on any atom is -0.504 e. The zero-order valence-corrected chi connectivity index (χ0v) is 15.9. The van der Waals surface area contributed by atoms with Crippen molar-refractivity contribution in [3.63, 3.8) is 0 Å². The Bertz CT molecular complexity index is 1370. The monoisotopic (exact) mass is 414 g/mol. The molecule has 1 aliphatic rings. The standard InChI is InChI=1S/C20H15FN2O5S/c1-10-12(21)5-2-6-13(10)22-15-16(19(26)18(15)25)23-14-8-7-11-4-3-9-29(27,28)20(11)17(14)24/h2-8,22-24H,9H2,1H3. The number of hydrogen-bond acceptors (Lipinski definition) is 7. The van der Waals surface area contributed by atoms with Crippen LogP contribution in [0.5, 0.6) is 5.75 Å². The summed E-state index contributed by atoms with van der Waals surface area (Å²) in [4.78, 5) is 23.8. The van der Waals surface area contributed by atoms with E-state index in [1.807, 2.05) is 0 Å². The van der Waals surface area contributed by atoms with Crippen molar-refractivity contribution in [1.82, 2.24) is 0 Å². The summed E-state index contributed by atoms with van der Waals surface area (Å²) < 4.78 is 38.3. The maximum absolute atomic E-state index is 13.7. The lowest BCUT2D eigenvalue weighted by Crippen LogP contribution is -2.36. The van der Waals surface area contributed by atoms with E-state index in [0.29, 0.717) is 11.3 Å². The quantitative estimate of drug-likeness (QED) is 0.444. The Morgan fingerprint density at radius 2 is 1.66 bits per heavy atom. The van der Waals surface area contributed by atoms with Gasteiger partial charge in [-0.25, -0.2) is 12.8 Å². The molecule has 0 saturated heterocycles. The largest absolute Gasteiger partial charge is 0.504 e. The van der Waals surface area contributed by atoms with Gasteiger partial charge in [0.2, 0.25) is 0 Å². The highest BCUT2D eigenvalue weighted by molar-refractivity contribution is 7.91. The van der Waals surface area contributed by atoms with E-state index in [2.05, 4.69) is 10.6 Å². The number of rotatable bonds is 4. The average molecular weight is 414 g/mol. The normalized spacial score (nSPS) is 14.6. The van der Waals surface area contributed by atoms with Crippen molar-refractivity contribution < 1.29 is 17.9 Å². The highest BCUT2D eigenvalue weighted by atomic mass is 32.2. The van der Waals surface area contributed by atoms with Crippen LogP contribution in [0.1, 0.15) is 11.1 Å². The van der Waals surface area contributed by atoms with E-state index >= 15 is 0 Å². The number of benzene rings is 2. The maximum atomic E-state index is 13.7. The molecule has 0 fully saturated rings. The molecule has 0 aromatic heterocycles. The van der Waals surface area contributed by atoms with Gasteiger partial charge in [0.1, 0.15) is 22.1 Å². The number of anilines is 4. The van der Waals surface area contributed by atoms with Crippen molar-refractivity contribution >= 4 is 38.7 Å². The molecule has 0 amide bonds. The molecule has 0 spiro atoms. The molecular formula is C20H15FN2O5S. The predicted molar refractivity (Wildman–Crippen MR) is 108 cm³/mol. The molecule has 0 bridgehead atoms. The first kappa shape index (κ1) is 18.9. The molecule has 0 aliphatic carbocycles. The lowest BCUT2D eigenvalue weighted by Gasteiger charge is -2.19. The second-order valence-corrected chi connectivity index (χ2v) is 8.61. The first-order valence-electron chi connectivity index (χ1n) is 8.58. The Balaban J connectivity index is 1.73. The summed E-state index contributed by atoms with van der Waals surface area (Å²) in [6, 6.07) is 7.17. The van der Waals surface area contributed by atoms with Crippen molar-refractivity contribution in [2.45, 2.75) is 11.8 Å². The first-order chi connectivity index (χ1) is 13.7. The number of phenolic OH excluding ortho intramolecular Hbond substituents is 1. The highest BCUT2D eigenvalue weighted by Gasteiger charge is 2.28. The van der Waals surface area contributed by atoms with Gasteiger partial charge in [0.25, 0.3) is 10.9 Å². The van der Waals surface area contributed by atoms with Crippen LogP contribution in [-0.2, 0) is 9.84 Å². The average Bonchev–Trinajstić information content (AvgIpc) is 2.68. The van der Waals surface area contributed by atoms with Gasteiger partial charge < -0.3 is 15.7 Å². The third kappa shape index (κ3) is 2.99. The zero-order valence-electron chi connectivity index (χ0n) is 15.1. The minimum absolute atomic E-state index is 0.0336. The Kier molecular flexibility index (Phi) is 4.27.